The lowest BCUT2D eigenvalue weighted by Gasteiger charge is -2.42. The summed E-state index contributed by atoms with van der Waals surface area (Å²) in [6.07, 6.45) is 2.72. The molecule has 0 bridgehead atoms. The van der Waals surface area contributed by atoms with Crippen LogP contribution < -0.4 is 0 Å². The van der Waals surface area contributed by atoms with Crippen molar-refractivity contribution in [1.82, 2.24) is 9.21 Å². The second kappa shape index (κ2) is 5.51. The van der Waals surface area contributed by atoms with E-state index in [1.165, 1.54) is 16.4 Å². The number of hydrogen-bond donors (Lipinski definition) is 0. The van der Waals surface area contributed by atoms with Crippen LogP contribution in [0.25, 0.3) is 0 Å². The molecule has 0 saturated carbocycles. The Morgan fingerprint density at radius 1 is 1.18 bits per heavy atom. The van der Waals surface area contributed by atoms with Crippen LogP contribution in [0.2, 0.25) is 5.02 Å². The molecule has 2 aliphatic heterocycles. The molecule has 1 aromatic carbocycles. The van der Waals surface area contributed by atoms with Gasteiger partial charge in [0.05, 0.1) is 4.90 Å². The first-order valence-electron chi connectivity index (χ1n) is 7.42. The van der Waals surface area contributed by atoms with Gasteiger partial charge in [0.25, 0.3) is 0 Å². The number of hydrogen-bond acceptors (Lipinski definition) is 3. The fourth-order valence-corrected chi connectivity index (χ4v) is 5.72. The highest BCUT2D eigenvalue weighted by Crippen LogP contribution is 2.41. The number of nitrogens with zero attached hydrogens (tertiary/aromatic N) is 2. The summed E-state index contributed by atoms with van der Waals surface area (Å²) in [6.45, 7) is 1.07. The zero-order valence-corrected chi connectivity index (χ0v) is 14.0. The van der Waals surface area contributed by atoms with Crippen molar-refractivity contribution in [1.29, 1.82) is 0 Å². The normalized spacial score (nSPS) is 26.8. The van der Waals surface area contributed by atoms with Crippen molar-refractivity contribution in [2.24, 2.45) is 0 Å². The molecule has 7 heteroatoms. The van der Waals surface area contributed by atoms with Gasteiger partial charge in [-0.1, -0.05) is 17.7 Å². The number of likely N-dealkylation sites (tertiary alicyclic amines) is 1. The Bertz CT molecular complexity index is 706. The minimum absolute atomic E-state index is 0.0816. The predicted molar refractivity (Wildman–Crippen MR) is 84.2 cm³/mol. The van der Waals surface area contributed by atoms with Gasteiger partial charge in [0, 0.05) is 25.2 Å². The van der Waals surface area contributed by atoms with Gasteiger partial charge < -0.3 is 4.90 Å². The zero-order valence-electron chi connectivity index (χ0n) is 12.5. The average Bonchev–Trinajstić information content (AvgIpc) is 2.90. The molecule has 5 nitrogen and oxygen atoms in total. The first kappa shape index (κ1) is 15.8. The summed E-state index contributed by atoms with van der Waals surface area (Å²) in [5, 5.41) is 0.376. The molecule has 0 aromatic heterocycles. The lowest BCUT2D eigenvalue weighted by Crippen LogP contribution is -2.60. The summed E-state index contributed by atoms with van der Waals surface area (Å²) in [6, 6.07) is 6.23. The highest BCUT2D eigenvalue weighted by Gasteiger charge is 2.54. The SMILES string of the molecule is CN1CCCC2(CCCN2S(=O)(=O)c2cccc(Cl)c2)C1=O. The number of amides is 1. The summed E-state index contributed by atoms with van der Waals surface area (Å²) >= 11 is 5.93. The number of rotatable bonds is 2. The van der Waals surface area contributed by atoms with E-state index in [1.807, 2.05) is 0 Å². The average molecular weight is 343 g/mol. The van der Waals surface area contributed by atoms with Crippen LogP contribution in [0, 0.1) is 0 Å². The molecule has 2 saturated heterocycles. The van der Waals surface area contributed by atoms with Gasteiger partial charge in [0.1, 0.15) is 5.54 Å². The van der Waals surface area contributed by atoms with E-state index in [0.717, 1.165) is 6.42 Å². The Hall–Kier alpha value is -1.11. The van der Waals surface area contributed by atoms with Gasteiger partial charge in [-0.05, 0) is 43.9 Å². The van der Waals surface area contributed by atoms with E-state index in [9.17, 15) is 13.2 Å². The van der Waals surface area contributed by atoms with E-state index in [1.54, 1.807) is 24.1 Å². The number of halogens is 1. The summed E-state index contributed by atoms with van der Waals surface area (Å²) in [5.74, 6) is -0.0816. The van der Waals surface area contributed by atoms with Crippen LogP contribution in [0.15, 0.2) is 29.2 Å². The minimum atomic E-state index is -3.72. The highest BCUT2D eigenvalue weighted by molar-refractivity contribution is 7.89. The summed E-state index contributed by atoms with van der Waals surface area (Å²) in [4.78, 5) is 14.5. The maximum atomic E-state index is 13.0. The predicted octanol–water partition coefficient (Wildman–Crippen LogP) is 2.12. The summed E-state index contributed by atoms with van der Waals surface area (Å²) in [7, 11) is -1.98. The lowest BCUT2D eigenvalue weighted by molar-refractivity contribution is -0.142. The molecule has 1 atom stereocenters. The molecule has 1 spiro atoms. The standard InChI is InChI=1S/C15H19ClN2O3S/c1-17-9-3-7-15(14(17)19)8-4-10-18(15)22(20,21)13-6-2-5-12(16)11-13/h2,5-6,11H,3-4,7-10H2,1H3. The molecule has 0 N–H and O–H groups in total. The minimum Gasteiger partial charge on any atom is -0.344 e. The van der Waals surface area contributed by atoms with Crippen LogP contribution in [0.4, 0.5) is 0 Å². The van der Waals surface area contributed by atoms with E-state index in [4.69, 9.17) is 11.6 Å². The smallest absolute Gasteiger partial charge is 0.244 e. The Kier molecular flexibility index (Phi) is 3.95. The van der Waals surface area contributed by atoms with E-state index in [-0.39, 0.29) is 10.8 Å². The van der Waals surface area contributed by atoms with Crippen LogP contribution in [0.3, 0.4) is 0 Å². The molecule has 2 heterocycles. The molecule has 1 amide bonds. The Balaban J connectivity index is 2.04. The van der Waals surface area contributed by atoms with Crippen molar-refractivity contribution in [2.45, 2.75) is 36.1 Å². The van der Waals surface area contributed by atoms with Gasteiger partial charge in [-0.15, -0.1) is 0 Å². The molecule has 0 radical (unpaired) electrons. The van der Waals surface area contributed by atoms with Gasteiger partial charge in [0.15, 0.2) is 0 Å². The van der Waals surface area contributed by atoms with Crippen LogP contribution in [-0.2, 0) is 14.8 Å². The molecular formula is C15H19ClN2O3S. The van der Waals surface area contributed by atoms with Gasteiger partial charge in [-0.2, -0.15) is 4.31 Å². The molecule has 22 heavy (non-hydrogen) atoms. The van der Waals surface area contributed by atoms with Crippen LogP contribution in [0.1, 0.15) is 25.7 Å². The van der Waals surface area contributed by atoms with E-state index in [2.05, 4.69) is 0 Å². The Morgan fingerprint density at radius 3 is 2.55 bits per heavy atom. The monoisotopic (exact) mass is 342 g/mol. The van der Waals surface area contributed by atoms with E-state index >= 15 is 0 Å². The van der Waals surface area contributed by atoms with Crippen LogP contribution >= 0.6 is 11.6 Å². The largest absolute Gasteiger partial charge is 0.344 e. The summed E-state index contributed by atoms with van der Waals surface area (Å²) < 4.78 is 27.4. The fraction of sp³-hybridized carbons (Fsp3) is 0.533. The second-order valence-electron chi connectivity index (χ2n) is 6.00. The quantitative estimate of drug-likeness (QED) is 0.827. The number of piperidine rings is 1. The number of likely N-dealkylation sites (N-methyl/N-ethyl adjacent to an activating group) is 1. The Morgan fingerprint density at radius 2 is 1.86 bits per heavy atom. The van der Waals surface area contributed by atoms with Crippen molar-refractivity contribution < 1.29 is 13.2 Å². The molecule has 2 fully saturated rings. The molecule has 2 aliphatic rings. The Labute approximate surface area is 135 Å². The first-order chi connectivity index (χ1) is 10.4. The first-order valence-corrected chi connectivity index (χ1v) is 9.24. The molecule has 3 rings (SSSR count). The maximum absolute atomic E-state index is 13.0. The number of sulfonamides is 1. The van der Waals surface area contributed by atoms with E-state index in [0.29, 0.717) is 37.4 Å². The molecule has 1 unspecified atom stereocenters. The molecule has 120 valence electrons. The molecule has 1 aromatic rings. The number of carbonyl (C=O) groups is 1. The highest BCUT2D eigenvalue weighted by atomic mass is 35.5. The van der Waals surface area contributed by atoms with Crippen molar-refractivity contribution >= 4 is 27.5 Å². The molecular weight excluding hydrogens is 324 g/mol. The van der Waals surface area contributed by atoms with Crippen molar-refractivity contribution in [3.63, 3.8) is 0 Å². The van der Waals surface area contributed by atoms with E-state index < -0.39 is 15.6 Å². The van der Waals surface area contributed by atoms with Gasteiger partial charge in [-0.3, -0.25) is 4.79 Å². The van der Waals surface area contributed by atoms with Crippen molar-refractivity contribution in [3.8, 4) is 0 Å². The third-order valence-electron chi connectivity index (χ3n) is 4.64. The van der Waals surface area contributed by atoms with Gasteiger partial charge in [-0.25, -0.2) is 8.42 Å². The zero-order chi connectivity index (χ0) is 16.0. The van der Waals surface area contributed by atoms with Crippen molar-refractivity contribution in [3.05, 3.63) is 29.3 Å². The fourth-order valence-electron chi connectivity index (χ4n) is 3.59. The van der Waals surface area contributed by atoms with Gasteiger partial charge >= 0.3 is 0 Å². The maximum Gasteiger partial charge on any atom is 0.244 e. The van der Waals surface area contributed by atoms with Crippen LogP contribution in [0.5, 0.6) is 0 Å². The van der Waals surface area contributed by atoms with Crippen LogP contribution in [-0.4, -0.2) is 49.2 Å². The summed E-state index contributed by atoms with van der Waals surface area (Å²) in [5.41, 5.74) is -0.909. The number of carbonyl (C=O) groups excluding carboxylic acids is 1. The second-order valence-corrected chi connectivity index (χ2v) is 8.30. The van der Waals surface area contributed by atoms with Crippen molar-refractivity contribution in [2.75, 3.05) is 20.1 Å². The third-order valence-corrected chi connectivity index (χ3v) is 6.84. The van der Waals surface area contributed by atoms with Gasteiger partial charge in [0.2, 0.25) is 15.9 Å². The third kappa shape index (κ3) is 2.33. The molecule has 0 aliphatic carbocycles. The number of benzene rings is 1. The topological polar surface area (TPSA) is 57.7 Å². The lowest BCUT2D eigenvalue weighted by atomic mass is 9.87.